The van der Waals surface area contributed by atoms with E-state index in [4.69, 9.17) is 0 Å². The van der Waals surface area contributed by atoms with E-state index < -0.39 is 43.0 Å². The van der Waals surface area contributed by atoms with Crippen molar-refractivity contribution in [1.82, 2.24) is 10.2 Å². The molecule has 156 valence electrons. The third-order valence-corrected chi connectivity index (χ3v) is 2.98. The Bertz CT molecular complexity index is 574. The number of amides is 1. The summed E-state index contributed by atoms with van der Waals surface area (Å²) in [5.41, 5.74) is -0.152. The number of alkyl halides is 6. The van der Waals surface area contributed by atoms with Crippen molar-refractivity contribution in [2.45, 2.75) is 12.4 Å². The van der Waals surface area contributed by atoms with Crippen LogP contribution in [0.1, 0.15) is 10.4 Å². The van der Waals surface area contributed by atoms with Gasteiger partial charge in [0.05, 0.1) is 0 Å². The van der Waals surface area contributed by atoms with Crippen molar-refractivity contribution >= 4 is 18.3 Å². The molecule has 1 aromatic carbocycles. The summed E-state index contributed by atoms with van der Waals surface area (Å²) >= 11 is 0. The van der Waals surface area contributed by atoms with Crippen LogP contribution in [0.4, 0.5) is 26.3 Å². The average molecular weight is 425 g/mol. The molecule has 0 unspecified atom stereocenters. The zero-order chi connectivity index (χ0) is 20.0. The molecular weight excluding hydrogens is 406 g/mol. The predicted octanol–water partition coefficient (Wildman–Crippen LogP) is 3.28. The van der Waals surface area contributed by atoms with Crippen LogP contribution < -0.4 is 14.8 Å². The fraction of sp³-hybridized carbons (Fsp3) is 0.533. The third-order valence-electron chi connectivity index (χ3n) is 2.98. The van der Waals surface area contributed by atoms with Gasteiger partial charge in [0.2, 0.25) is 0 Å². The number of ether oxygens (including phenoxy) is 2. The molecule has 0 aliphatic carbocycles. The first-order valence-corrected chi connectivity index (χ1v) is 7.35. The lowest BCUT2D eigenvalue weighted by Crippen LogP contribution is -2.32. The molecule has 0 fully saturated rings. The third kappa shape index (κ3) is 10.1. The molecule has 0 aliphatic rings. The maximum atomic E-state index is 12.3. The minimum absolute atomic E-state index is 0. The minimum atomic E-state index is -4.64. The average Bonchev–Trinajstić information content (AvgIpc) is 2.54. The standard InChI is InChI=1S/C15H18F6N2O3.ClH/c1-22-3-4-23(2)13(24)10-5-11(25-8-14(16,17)18)7-12(6-10)26-9-15(19,20)21;/h5-7,22H,3-4,8-9H2,1-2H3;1H. The van der Waals surface area contributed by atoms with Crippen molar-refractivity contribution in [3.8, 4) is 11.5 Å². The lowest BCUT2D eigenvalue weighted by atomic mass is 10.1. The number of nitrogens with zero attached hydrogens (tertiary/aromatic N) is 1. The van der Waals surface area contributed by atoms with Crippen LogP contribution >= 0.6 is 12.4 Å². The second-order valence-electron chi connectivity index (χ2n) is 5.33. The van der Waals surface area contributed by atoms with E-state index in [1.54, 1.807) is 7.05 Å². The zero-order valence-electron chi connectivity index (χ0n) is 14.4. The lowest BCUT2D eigenvalue weighted by molar-refractivity contribution is -0.153. The zero-order valence-corrected chi connectivity index (χ0v) is 15.2. The van der Waals surface area contributed by atoms with Gasteiger partial charge in [-0.15, -0.1) is 12.4 Å². The number of carbonyl (C=O) groups excluding carboxylic acids is 1. The summed E-state index contributed by atoms with van der Waals surface area (Å²) < 4.78 is 82.8. The highest BCUT2D eigenvalue weighted by molar-refractivity contribution is 5.95. The highest BCUT2D eigenvalue weighted by atomic mass is 35.5. The van der Waals surface area contributed by atoms with Crippen molar-refractivity contribution in [3.63, 3.8) is 0 Å². The Balaban J connectivity index is 0.00000676. The topological polar surface area (TPSA) is 50.8 Å². The molecular formula is C15H19ClF6N2O3. The Labute approximate surface area is 158 Å². The molecule has 1 amide bonds. The minimum Gasteiger partial charge on any atom is -0.484 e. The first-order chi connectivity index (χ1) is 11.9. The van der Waals surface area contributed by atoms with E-state index in [2.05, 4.69) is 14.8 Å². The van der Waals surface area contributed by atoms with E-state index in [0.717, 1.165) is 18.2 Å². The first-order valence-electron chi connectivity index (χ1n) is 7.35. The maximum absolute atomic E-state index is 12.3. The highest BCUT2D eigenvalue weighted by Crippen LogP contribution is 2.27. The highest BCUT2D eigenvalue weighted by Gasteiger charge is 2.30. The number of halogens is 7. The summed E-state index contributed by atoms with van der Waals surface area (Å²) in [6.07, 6.45) is -9.28. The molecule has 0 spiro atoms. The van der Waals surface area contributed by atoms with Crippen LogP contribution in [0.5, 0.6) is 11.5 Å². The van der Waals surface area contributed by atoms with Crippen molar-refractivity contribution in [2.24, 2.45) is 0 Å². The second-order valence-corrected chi connectivity index (χ2v) is 5.33. The van der Waals surface area contributed by atoms with Crippen LogP contribution in [0.25, 0.3) is 0 Å². The number of rotatable bonds is 8. The molecule has 27 heavy (non-hydrogen) atoms. The molecule has 1 N–H and O–H groups in total. The van der Waals surface area contributed by atoms with Crippen LogP contribution in [0.3, 0.4) is 0 Å². The molecule has 1 rings (SSSR count). The van der Waals surface area contributed by atoms with Gasteiger partial charge in [-0.3, -0.25) is 4.79 Å². The molecule has 0 atom stereocenters. The van der Waals surface area contributed by atoms with Crippen molar-refractivity contribution < 1.29 is 40.6 Å². The Morgan fingerprint density at radius 3 is 1.81 bits per heavy atom. The van der Waals surface area contributed by atoms with Crippen LogP contribution in [0.15, 0.2) is 18.2 Å². The number of hydrogen-bond acceptors (Lipinski definition) is 4. The summed E-state index contributed by atoms with van der Waals surface area (Å²) in [5, 5.41) is 2.81. The lowest BCUT2D eigenvalue weighted by Gasteiger charge is -2.19. The molecule has 0 heterocycles. The van der Waals surface area contributed by atoms with E-state index in [1.807, 2.05) is 0 Å². The Hall–Kier alpha value is -1.88. The number of carbonyl (C=O) groups is 1. The van der Waals surface area contributed by atoms with Gasteiger partial charge >= 0.3 is 12.4 Å². The fourth-order valence-corrected chi connectivity index (χ4v) is 1.79. The molecule has 0 aromatic heterocycles. The van der Waals surface area contributed by atoms with E-state index in [0.29, 0.717) is 6.54 Å². The smallest absolute Gasteiger partial charge is 0.422 e. The van der Waals surface area contributed by atoms with Gasteiger partial charge in [-0.2, -0.15) is 26.3 Å². The summed E-state index contributed by atoms with van der Waals surface area (Å²) in [7, 11) is 3.10. The molecule has 12 heteroatoms. The molecule has 0 saturated heterocycles. The van der Waals surface area contributed by atoms with Gasteiger partial charge in [0, 0.05) is 31.8 Å². The van der Waals surface area contributed by atoms with Gasteiger partial charge in [0.1, 0.15) is 11.5 Å². The normalized spacial score (nSPS) is 11.6. The number of benzene rings is 1. The first kappa shape index (κ1) is 25.1. The Morgan fingerprint density at radius 1 is 1.00 bits per heavy atom. The molecule has 5 nitrogen and oxygen atoms in total. The van der Waals surface area contributed by atoms with E-state index in [9.17, 15) is 31.1 Å². The van der Waals surface area contributed by atoms with Gasteiger partial charge in [0.25, 0.3) is 5.91 Å². The van der Waals surface area contributed by atoms with Crippen molar-refractivity contribution in [2.75, 3.05) is 40.4 Å². The largest absolute Gasteiger partial charge is 0.484 e. The van der Waals surface area contributed by atoms with E-state index >= 15 is 0 Å². The van der Waals surface area contributed by atoms with Gasteiger partial charge in [-0.1, -0.05) is 0 Å². The van der Waals surface area contributed by atoms with Crippen molar-refractivity contribution in [3.05, 3.63) is 23.8 Å². The second kappa shape index (κ2) is 10.5. The number of likely N-dealkylation sites (N-methyl/N-ethyl adjacent to an activating group) is 2. The molecule has 0 bridgehead atoms. The van der Waals surface area contributed by atoms with Gasteiger partial charge in [-0.25, -0.2) is 0 Å². The number of nitrogens with one attached hydrogen (secondary N) is 1. The van der Waals surface area contributed by atoms with Crippen LogP contribution in [0.2, 0.25) is 0 Å². The summed E-state index contributed by atoms with van der Waals surface area (Å²) in [5.74, 6) is -1.45. The quantitative estimate of drug-likeness (QED) is 0.651. The number of hydrogen-bond donors (Lipinski definition) is 1. The summed E-state index contributed by atoms with van der Waals surface area (Å²) in [6.45, 7) is -2.58. The van der Waals surface area contributed by atoms with Crippen molar-refractivity contribution in [1.29, 1.82) is 0 Å². The fourth-order valence-electron chi connectivity index (χ4n) is 1.79. The monoisotopic (exact) mass is 424 g/mol. The van der Waals surface area contributed by atoms with E-state index in [-0.39, 0.29) is 24.5 Å². The van der Waals surface area contributed by atoms with Gasteiger partial charge in [0.15, 0.2) is 13.2 Å². The maximum Gasteiger partial charge on any atom is 0.422 e. The molecule has 0 radical (unpaired) electrons. The van der Waals surface area contributed by atoms with Crippen LogP contribution in [-0.4, -0.2) is 63.6 Å². The molecule has 1 aromatic rings. The Morgan fingerprint density at radius 2 is 1.44 bits per heavy atom. The predicted molar refractivity (Wildman–Crippen MR) is 87.7 cm³/mol. The Kier molecular flexibility index (Phi) is 9.73. The van der Waals surface area contributed by atoms with Gasteiger partial charge in [-0.05, 0) is 19.2 Å². The molecule has 0 saturated carbocycles. The summed E-state index contributed by atoms with van der Waals surface area (Å²) in [6, 6.07) is 2.90. The van der Waals surface area contributed by atoms with Crippen LogP contribution in [0, 0.1) is 0 Å². The summed E-state index contributed by atoms with van der Waals surface area (Å²) in [4.78, 5) is 13.6. The van der Waals surface area contributed by atoms with Gasteiger partial charge < -0.3 is 19.7 Å². The molecule has 0 aliphatic heterocycles. The van der Waals surface area contributed by atoms with E-state index in [1.165, 1.54) is 11.9 Å². The van der Waals surface area contributed by atoms with Crippen LogP contribution in [-0.2, 0) is 0 Å². The SMILES string of the molecule is CNCCN(C)C(=O)c1cc(OCC(F)(F)F)cc(OCC(F)(F)F)c1.Cl.